The lowest BCUT2D eigenvalue weighted by Gasteiger charge is -2.30. The highest BCUT2D eigenvalue weighted by atomic mass is 32.2. The van der Waals surface area contributed by atoms with Crippen molar-refractivity contribution < 1.29 is 22.5 Å². The van der Waals surface area contributed by atoms with Crippen LogP contribution in [0.5, 0.6) is 0 Å². The number of aryl methyl sites for hydroxylation is 2. The summed E-state index contributed by atoms with van der Waals surface area (Å²) in [6.45, 7) is 7.61. The van der Waals surface area contributed by atoms with Gasteiger partial charge < -0.3 is 14.6 Å². The third-order valence-corrected chi connectivity index (χ3v) is 8.51. The van der Waals surface area contributed by atoms with Gasteiger partial charge in [0.15, 0.2) is 10.9 Å². The highest BCUT2D eigenvalue weighted by Gasteiger charge is 2.36. The molecule has 170 valence electrons. The van der Waals surface area contributed by atoms with Crippen molar-refractivity contribution in [1.82, 2.24) is 19.3 Å². The van der Waals surface area contributed by atoms with Crippen molar-refractivity contribution >= 4 is 32.4 Å². The van der Waals surface area contributed by atoms with Gasteiger partial charge in [-0.15, -0.1) is 11.3 Å². The number of amides is 1. The monoisotopic (exact) mass is 469 g/mol. The minimum atomic E-state index is -3.76. The Morgan fingerprint density at radius 1 is 1.29 bits per heavy atom. The Hall–Kier alpha value is -1.86. The molecule has 2 aromatic rings. The molecule has 2 aliphatic heterocycles. The number of morpholine rings is 1. The zero-order chi connectivity index (χ0) is 22.0. The van der Waals surface area contributed by atoms with E-state index in [1.54, 1.807) is 13.8 Å². The molecule has 0 bridgehead atoms. The lowest BCUT2D eigenvalue weighted by atomic mass is 9.99. The Morgan fingerprint density at radius 2 is 2.06 bits per heavy atom. The summed E-state index contributed by atoms with van der Waals surface area (Å²) in [5.74, 6) is -0.374. The number of ether oxygens (including phenoxy) is 1. The second-order valence-corrected chi connectivity index (χ2v) is 10.6. The van der Waals surface area contributed by atoms with Crippen LogP contribution < -0.4 is 5.32 Å². The second-order valence-electron chi connectivity index (χ2n) is 7.88. The van der Waals surface area contributed by atoms with Gasteiger partial charge in [-0.05, 0) is 26.7 Å². The molecule has 2 saturated heterocycles. The standard InChI is InChI=1S/C19H27N5O5S2/c1-13-17(14(2)29-22-13)31(26,27)24-5-3-4-15(10-24)18(25)21-19-20-16(12-30-19)11-23-6-8-28-9-7-23/h12,15H,3-11H2,1-2H3,(H,20,21,25). The first-order valence-corrected chi connectivity index (χ1v) is 12.6. The quantitative estimate of drug-likeness (QED) is 0.678. The van der Waals surface area contributed by atoms with Crippen LogP contribution in [-0.2, 0) is 26.1 Å². The van der Waals surface area contributed by atoms with Crippen LogP contribution in [0.1, 0.15) is 30.0 Å². The van der Waals surface area contributed by atoms with Crippen molar-refractivity contribution in [2.45, 2.75) is 38.1 Å². The number of hydrogen-bond donors (Lipinski definition) is 1. The summed E-state index contributed by atoms with van der Waals surface area (Å²) in [4.78, 5) is 19.7. The third-order valence-electron chi connectivity index (χ3n) is 5.59. The highest BCUT2D eigenvalue weighted by molar-refractivity contribution is 7.89. The van der Waals surface area contributed by atoms with Gasteiger partial charge in [0.25, 0.3) is 0 Å². The lowest BCUT2D eigenvalue weighted by Crippen LogP contribution is -2.43. The lowest BCUT2D eigenvalue weighted by molar-refractivity contribution is -0.120. The van der Waals surface area contributed by atoms with Crippen molar-refractivity contribution in [3.8, 4) is 0 Å². The normalized spacial score (nSPS) is 21.3. The molecular formula is C19H27N5O5S2. The topological polar surface area (TPSA) is 118 Å². The van der Waals surface area contributed by atoms with Crippen molar-refractivity contribution in [3.63, 3.8) is 0 Å². The predicted octanol–water partition coefficient (Wildman–Crippen LogP) is 1.62. The van der Waals surface area contributed by atoms with Crippen LogP contribution in [0.3, 0.4) is 0 Å². The maximum atomic E-state index is 13.1. The van der Waals surface area contributed by atoms with Crippen LogP contribution >= 0.6 is 11.3 Å². The van der Waals surface area contributed by atoms with Gasteiger partial charge in [0.1, 0.15) is 10.6 Å². The summed E-state index contributed by atoms with van der Waals surface area (Å²) in [6, 6.07) is 0. The Morgan fingerprint density at radius 3 is 2.77 bits per heavy atom. The molecule has 1 atom stereocenters. The smallest absolute Gasteiger partial charge is 0.248 e. The van der Waals surface area contributed by atoms with Crippen LogP contribution in [0.2, 0.25) is 0 Å². The summed E-state index contributed by atoms with van der Waals surface area (Å²) in [5, 5.41) is 9.11. The number of nitrogens with one attached hydrogen (secondary N) is 1. The van der Waals surface area contributed by atoms with E-state index < -0.39 is 15.9 Å². The molecule has 1 N–H and O–H groups in total. The largest absolute Gasteiger partial charge is 0.379 e. The maximum Gasteiger partial charge on any atom is 0.248 e. The van der Waals surface area contributed by atoms with E-state index in [1.807, 2.05) is 5.38 Å². The van der Waals surface area contributed by atoms with Crippen LogP contribution in [0.4, 0.5) is 5.13 Å². The molecule has 2 aromatic heterocycles. The maximum absolute atomic E-state index is 13.1. The Labute approximate surface area is 185 Å². The fraction of sp³-hybridized carbons (Fsp3) is 0.632. The van der Waals surface area contributed by atoms with E-state index in [0.29, 0.717) is 30.2 Å². The Kier molecular flexibility index (Phi) is 6.72. The van der Waals surface area contributed by atoms with E-state index >= 15 is 0 Å². The molecule has 12 heteroatoms. The van der Waals surface area contributed by atoms with E-state index in [0.717, 1.165) is 38.5 Å². The molecular weight excluding hydrogens is 442 g/mol. The minimum absolute atomic E-state index is 0.0984. The first-order chi connectivity index (χ1) is 14.8. The number of nitrogens with zero attached hydrogens (tertiary/aromatic N) is 4. The molecule has 1 unspecified atom stereocenters. The molecule has 0 saturated carbocycles. The van der Waals surface area contributed by atoms with Gasteiger partial charge in [-0.2, -0.15) is 4.31 Å². The first kappa shape index (κ1) is 22.3. The average molecular weight is 470 g/mol. The number of piperidine rings is 1. The third kappa shape index (κ3) is 4.98. The summed E-state index contributed by atoms with van der Waals surface area (Å²) in [7, 11) is -3.76. The Balaban J connectivity index is 1.38. The molecule has 2 fully saturated rings. The SMILES string of the molecule is Cc1noc(C)c1S(=O)(=O)N1CCCC(C(=O)Nc2nc(CN3CCOCC3)cs2)C1. The van der Waals surface area contributed by atoms with Gasteiger partial charge in [0.2, 0.25) is 15.9 Å². The second kappa shape index (κ2) is 9.33. The minimum Gasteiger partial charge on any atom is -0.379 e. The number of rotatable bonds is 6. The molecule has 0 aliphatic carbocycles. The number of aromatic nitrogens is 2. The van der Waals surface area contributed by atoms with Crippen molar-refractivity contribution in [2.24, 2.45) is 5.92 Å². The highest BCUT2D eigenvalue weighted by Crippen LogP contribution is 2.28. The van der Waals surface area contributed by atoms with E-state index in [4.69, 9.17) is 9.26 Å². The van der Waals surface area contributed by atoms with Gasteiger partial charge in [0.05, 0.1) is 24.8 Å². The first-order valence-electron chi connectivity index (χ1n) is 10.3. The number of thiazole rings is 1. The average Bonchev–Trinajstić information content (AvgIpc) is 3.34. The fourth-order valence-electron chi connectivity index (χ4n) is 3.98. The van der Waals surface area contributed by atoms with Crippen LogP contribution in [0, 0.1) is 19.8 Å². The molecule has 0 spiro atoms. The van der Waals surface area contributed by atoms with Crippen molar-refractivity contribution in [1.29, 1.82) is 0 Å². The number of carbonyl (C=O) groups excluding carboxylic acids is 1. The van der Waals surface area contributed by atoms with Crippen LogP contribution in [-0.4, -0.2) is 73.1 Å². The zero-order valence-electron chi connectivity index (χ0n) is 17.7. The van der Waals surface area contributed by atoms with E-state index in [-0.39, 0.29) is 23.1 Å². The Bertz CT molecular complexity index is 1010. The number of hydrogen-bond acceptors (Lipinski definition) is 9. The zero-order valence-corrected chi connectivity index (χ0v) is 19.3. The summed E-state index contributed by atoms with van der Waals surface area (Å²) >= 11 is 1.39. The molecule has 1 amide bonds. The van der Waals surface area contributed by atoms with Crippen molar-refractivity contribution in [3.05, 3.63) is 22.5 Å². The summed E-state index contributed by atoms with van der Waals surface area (Å²) in [5.41, 5.74) is 1.24. The molecule has 0 radical (unpaired) electrons. The van der Waals surface area contributed by atoms with Crippen LogP contribution in [0.15, 0.2) is 14.8 Å². The predicted molar refractivity (Wildman–Crippen MR) is 114 cm³/mol. The fourth-order valence-corrected chi connectivity index (χ4v) is 6.50. The summed E-state index contributed by atoms with van der Waals surface area (Å²) < 4.78 is 37.9. The molecule has 10 nitrogen and oxygen atoms in total. The number of anilines is 1. The van der Waals surface area contributed by atoms with Gasteiger partial charge in [-0.1, -0.05) is 5.16 Å². The van der Waals surface area contributed by atoms with Gasteiger partial charge in [0, 0.05) is 38.1 Å². The van der Waals surface area contributed by atoms with Gasteiger partial charge in [-0.3, -0.25) is 9.69 Å². The van der Waals surface area contributed by atoms with E-state index in [9.17, 15) is 13.2 Å². The van der Waals surface area contributed by atoms with Gasteiger partial charge >= 0.3 is 0 Å². The molecule has 0 aromatic carbocycles. The van der Waals surface area contributed by atoms with Crippen molar-refractivity contribution in [2.75, 3.05) is 44.7 Å². The van der Waals surface area contributed by atoms with Crippen LogP contribution in [0.25, 0.3) is 0 Å². The molecule has 31 heavy (non-hydrogen) atoms. The van der Waals surface area contributed by atoms with E-state index in [1.165, 1.54) is 15.6 Å². The van der Waals surface area contributed by atoms with Gasteiger partial charge in [-0.25, -0.2) is 13.4 Å². The number of carbonyl (C=O) groups is 1. The molecule has 4 rings (SSSR count). The summed E-state index contributed by atoms with van der Waals surface area (Å²) in [6.07, 6.45) is 1.24. The number of sulfonamides is 1. The molecule has 4 heterocycles. The van der Waals surface area contributed by atoms with E-state index in [2.05, 4.69) is 20.4 Å². The molecule has 2 aliphatic rings.